The van der Waals surface area contributed by atoms with Crippen LogP contribution in [0, 0.1) is 6.92 Å². The molecule has 2 N–H and O–H groups in total. The lowest BCUT2D eigenvalue weighted by Gasteiger charge is -2.08. The second-order valence-electron chi connectivity index (χ2n) is 6.12. The van der Waals surface area contributed by atoms with Crippen molar-refractivity contribution in [3.63, 3.8) is 0 Å². The van der Waals surface area contributed by atoms with Crippen molar-refractivity contribution < 1.29 is 9.59 Å². The van der Waals surface area contributed by atoms with Gasteiger partial charge in [-0.05, 0) is 66.0 Å². The van der Waals surface area contributed by atoms with E-state index >= 15 is 0 Å². The molecule has 2 amide bonds. The van der Waals surface area contributed by atoms with Crippen molar-refractivity contribution >= 4 is 50.6 Å². The molecule has 1 aromatic carbocycles. The normalized spacial score (nSPS) is 10.5. The number of rotatable bonds is 6. The third kappa shape index (κ3) is 5.02. The van der Waals surface area contributed by atoms with Gasteiger partial charge in [-0.2, -0.15) is 0 Å². The summed E-state index contributed by atoms with van der Waals surface area (Å²) >= 11 is 4.71. The molecule has 0 atom stereocenters. The van der Waals surface area contributed by atoms with Crippen LogP contribution in [0.2, 0.25) is 0 Å². The van der Waals surface area contributed by atoms with E-state index in [4.69, 9.17) is 0 Å². The average Bonchev–Trinajstić information content (AvgIpc) is 3.04. The molecule has 0 aliphatic rings. The monoisotopic (exact) mass is 458 g/mol. The number of nitrogens with zero attached hydrogens (tertiary/aromatic N) is 2. The quantitative estimate of drug-likeness (QED) is 0.540. The number of carbonyl (C=O) groups is 2. The number of aryl methyl sites for hydroxylation is 2. The van der Waals surface area contributed by atoms with Crippen molar-refractivity contribution in [3.8, 4) is 0 Å². The summed E-state index contributed by atoms with van der Waals surface area (Å²) in [5.41, 5.74) is 1.70. The molecule has 2 heterocycles. The van der Waals surface area contributed by atoms with Gasteiger partial charge in [0.05, 0.1) is 10.7 Å². The van der Waals surface area contributed by atoms with Crippen molar-refractivity contribution in [2.75, 3.05) is 10.6 Å². The number of aromatic nitrogens is 2. The number of benzene rings is 1. The van der Waals surface area contributed by atoms with E-state index in [0.717, 1.165) is 28.0 Å². The zero-order valence-electron chi connectivity index (χ0n) is 15.5. The van der Waals surface area contributed by atoms with Crippen molar-refractivity contribution in [1.82, 2.24) is 9.97 Å². The number of halogens is 1. The van der Waals surface area contributed by atoms with E-state index in [1.54, 1.807) is 42.6 Å². The highest BCUT2D eigenvalue weighted by molar-refractivity contribution is 9.10. The smallest absolute Gasteiger partial charge is 0.267 e. The maximum Gasteiger partial charge on any atom is 0.267 e. The molecular formula is C20H19BrN4O2S. The van der Waals surface area contributed by atoms with Crippen molar-refractivity contribution in [2.24, 2.45) is 0 Å². The summed E-state index contributed by atoms with van der Waals surface area (Å²) in [6.07, 6.45) is 3.45. The fraction of sp³-hybridized carbons (Fsp3) is 0.200. The highest BCUT2D eigenvalue weighted by Gasteiger charge is 2.16. The molecule has 0 fully saturated rings. The van der Waals surface area contributed by atoms with E-state index in [2.05, 4.69) is 43.5 Å². The first-order chi connectivity index (χ1) is 13.5. The Balaban J connectivity index is 1.71. The molecule has 8 heteroatoms. The predicted molar refractivity (Wildman–Crippen MR) is 115 cm³/mol. The molecule has 28 heavy (non-hydrogen) atoms. The predicted octanol–water partition coefficient (Wildman–Crippen LogP) is 5.07. The van der Waals surface area contributed by atoms with E-state index < -0.39 is 0 Å². The first kappa shape index (κ1) is 20.2. The van der Waals surface area contributed by atoms with Crippen LogP contribution in [0.15, 0.2) is 47.1 Å². The largest absolute Gasteiger partial charge is 0.321 e. The molecule has 6 nitrogen and oxygen atoms in total. The van der Waals surface area contributed by atoms with Crippen LogP contribution in [0.4, 0.5) is 11.5 Å². The molecule has 0 saturated heterocycles. The van der Waals surface area contributed by atoms with Gasteiger partial charge in [0.15, 0.2) is 0 Å². The summed E-state index contributed by atoms with van der Waals surface area (Å²) in [5.74, 6) is -0.0685. The Morgan fingerprint density at radius 2 is 1.96 bits per heavy atom. The fourth-order valence-electron chi connectivity index (χ4n) is 2.55. The maximum atomic E-state index is 12.6. The minimum atomic E-state index is -0.301. The van der Waals surface area contributed by atoms with Gasteiger partial charge in [0.1, 0.15) is 10.7 Å². The van der Waals surface area contributed by atoms with E-state index in [1.807, 2.05) is 6.92 Å². The Bertz CT molecular complexity index is 1000. The second kappa shape index (κ2) is 9.07. The zero-order valence-corrected chi connectivity index (χ0v) is 17.9. The van der Waals surface area contributed by atoms with E-state index in [1.165, 1.54) is 11.3 Å². The lowest BCUT2D eigenvalue weighted by molar-refractivity contribution is 0.101. The molecule has 0 bridgehead atoms. The number of anilines is 2. The van der Waals surface area contributed by atoms with Crippen LogP contribution in [-0.2, 0) is 6.42 Å². The van der Waals surface area contributed by atoms with Crippen LogP contribution in [-0.4, -0.2) is 21.8 Å². The van der Waals surface area contributed by atoms with Crippen LogP contribution in [0.25, 0.3) is 0 Å². The van der Waals surface area contributed by atoms with Gasteiger partial charge in [-0.3, -0.25) is 9.59 Å². The van der Waals surface area contributed by atoms with Gasteiger partial charge < -0.3 is 10.6 Å². The molecule has 0 unspecified atom stereocenters. The van der Waals surface area contributed by atoms with Crippen LogP contribution < -0.4 is 10.6 Å². The van der Waals surface area contributed by atoms with Gasteiger partial charge in [-0.15, -0.1) is 11.3 Å². The van der Waals surface area contributed by atoms with Crippen molar-refractivity contribution in [2.45, 2.75) is 26.7 Å². The van der Waals surface area contributed by atoms with Gasteiger partial charge in [0.2, 0.25) is 0 Å². The SMILES string of the molecule is CCCc1nc(C)c(C(=O)Nc2cccc(C(=O)Nc3ccc(Br)cn3)c2)s1. The molecule has 0 spiro atoms. The molecule has 2 aromatic heterocycles. The first-order valence-corrected chi connectivity index (χ1v) is 10.4. The third-order valence-corrected chi connectivity index (χ3v) is 5.55. The summed E-state index contributed by atoms with van der Waals surface area (Å²) in [6, 6.07) is 10.3. The van der Waals surface area contributed by atoms with E-state index in [0.29, 0.717) is 21.9 Å². The Morgan fingerprint density at radius 3 is 2.68 bits per heavy atom. The summed E-state index contributed by atoms with van der Waals surface area (Å²) in [7, 11) is 0. The summed E-state index contributed by atoms with van der Waals surface area (Å²) in [6.45, 7) is 3.91. The molecule has 0 radical (unpaired) electrons. The van der Waals surface area contributed by atoms with Gasteiger partial charge >= 0.3 is 0 Å². The van der Waals surface area contributed by atoms with E-state index in [9.17, 15) is 9.59 Å². The summed E-state index contributed by atoms with van der Waals surface area (Å²) in [4.78, 5) is 34.2. The minimum Gasteiger partial charge on any atom is -0.321 e. The highest BCUT2D eigenvalue weighted by Crippen LogP contribution is 2.21. The lowest BCUT2D eigenvalue weighted by Crippen LogP contribution is -2.15. The topological polar surface area (TPSA) is 84.0 Å². The van der Waals surface area contributed by atoms with Gasteiger partial charge in [-0.25, -0.2) is 9.97 Å². The Kier molecular flexibility index (Phi) is 6.53. The number of hydrogen-bond donors (Lipinski definition) is 2. The summed E-state index contributed by atoms with van der Waals surface area (Å²) < 4.78 is 0.829. The van der Waals surface area contributed by atoms with Gasteiger partial charge in [0, 0.05) is 21.9 Å². The average molecular weight is 459 g/mol. The minimum absolute atomic E-state index is 0.218. The standard InChI is InChI=1S/C20H19BrN4O2S/c1-3-5-17-23-12(2)18(28-17)20(27)24-15-7-4-6-13(10-15)19(26)25-16-9-8-14(21)11-22-16/h4,6-11H,3,5H2,1-2H3,(H,24,27)(H,22,25,26). The molecule has 0 saturated carbocycles. The number of thiazole rings is 1. The Hall–Kier alpha value is -2.58. The van der Waals surface area contributed by atoms with Crippen LogP contribution >= 0.6 is 27.3 Å². The number of pyridine rings is 1. The van der Waals surface area contributed by atoms with E-state index in [-0.39, 0.29) is 11.8 Å². The lowest BCUT2D eigenvalue weighted by atomic mass is 10.2. The van der Waals surface area contributed by atoms with Crippen molar-refractivity contribution in [1.29, 1.82) is 0 Å². The maximum absolute atomic E-state index is 12.6. The molecule has 3 aromatic rings. The fourth-order valence-corrected chi connectivity index (χ4v) is 3.84. The van der Waals surface area contributed by atoms with Crippen LogP contribution in [0.3, 0.4) is 0 Å². The molecule has 144 valence electrons. The van der Waals surface area contributed by atoms with Gasteiger partial charge in [-0.1, -0.05) is 13.0 Å². The molecule has 0 aliphatic heterocycles. The van der Waals surface area contributed by atoms with Crippen molar-refractivity contribution in [3.05, 3.63) is 68.2 Å². The molecular weight excluding hydrogens is 440 g/mol. The van der Waals surface area contributed by atoms with Crippen LogP contribution in [0.1, 0.15) is 44.1 Å². The highest BCUT2D eigenvalue weighted by atomic mass is 79.9. The number of amides is 2. The zero-order chi connectivity index (χ0) is 20.1. The molecule has 3 rings (SSSR count). The Morgan fingerprint density at radius 1 is 1.14 bits per heavy atom. The molecule has 0 aliphatic carbocycles. The first-order valence-electron chi connectivity index (χ1n) is 8.77. The Labute approximate surface area is 175 Å². The van der Waals surface area contributed by atoms with Gasteiger partial charge in [0.25, 0.3) is 11.8 Å². The summed E-state index contributed by atoms with van der Waals surface area (Å²) in [5, 5.41) is 6.54. The number of carbonyl (C=O) groups excluding carboxylic acids is 2. The second-order valence-corrected chi connectivity index (χ2v) is 8.12. The number of hydrogen-bond acceptors (Lipinski definition) is 5. The van der Waals surface area contributed by atoms with Crippen LogP contribution in [0.5, 0.6) is 0 Å². The number of nitrogens with one attached hydrogen (secondary N) is 2. The third-order valence-electron chi connectivity index (χ3n) is 3.86.